The number of benzene rings is 1. The van der Waals surface area contributed by atoms with E-state index in [1.165, 1.54) is 26.4 Å². The first kappa shape index (κ1) is 25.8. The molecule has 0 aliphatic carbocycles. The number of ether oxygens (including phenoxy) is 1. The predicted molar refractivity (Wildman–Crippen MR) is 125 cm³/mol. The van der Waals surface area contributed by atoms with Crippen LogP contribution in [0, 0.1) is 12.8 Å². The number of rotatable bonds is 9. The molecule has 1 atom stereocenters. The summed E-state index contributed by atoms with van der Waals surface area (Å²) in [6.07, 6.45) is 2.78. The van der Waals surface area contributed by atoms with Gasteiger partial charge in [0, 0.05) is 19.2 Å². The number of carbonyl (C=O) groups is 3. The highest BCUT2D eigenvalue weighted by atomic mass is 16.5. The molecule has 12 nitrogen and oxygen atoms in total. The molecule has 4 amide bonds. The minimum absolute atomic E-state index is 0.0625. The number of nitrogens with one attached hydrogen (secondary N) is 3. The van der Waals surface area contributed by atoms with Crippen molar-refractivity contribution in [2.45, 2.75) is 20.4 Å². The van der Waals surface area contributed by atoms with E-state index in [1.807, 2.05) is 31.2 Å². The number of methoxy groups -OCH3 is 1. The minimum atomic E-state index is -0.864. The molecule has 0 aliphatic rings. The molecule has 7 N–H and O–H groups in total. The second-order valence-corrected chi connectivity index (χ2v) is 7.33. The zero-order valence-corrected chi connectivity index (χ0v) is 19.2. The number of esters is 1. The van der Waals surface area contributed by atoms with Gasteiger partial charge in [-0.15, -0.1) is 5.10 Å². The molecular weight excluding hydrogens is 442 g/mol. The number of amides is 4. The molecule has 0 bridgehead atoms. The van der Waals surface area contributed by atoms with Crippen molar-refractivity contribution in [3.05, 3.63) is 65.6 Å². The molecule has 182 valence electrons. The predicted octanol–water partition coefficient (Wildman–Crippen LogP) is 1.39. The molecule has 1 aromatic carbocycles. The third-order valence-electron chi connectivity index (χ3n) is 4.57. The van der Waals surface area contributed by atoms with E-state index in [-0.39, 0.29) is 24.6 Å². The maximum Gasteiger partial charge on any atom is 0.345 e. The summed E-state index contributed by atoms with van der Waals surface area (Å²) >= 11 is 0. The molecule has 0 saturated heterocycles. The number of carbonyl (C=O) groups excluding carboxylic acids is 3. The molecule has 2 aromatic rings. The average Bonchev–Trinajstić information content (AvgIpc) is 3.36. The highest BCUT2D eigenvalue weighted by molar-refractivity contribution is 5.97. The Morgan fingerprint density at radius 3 is 2.50 bits per heavy atom. The normalized spacial score (nSPS) is 12.4. The molecule has 0 spiro atoms. The van der Waals surface area contributed by atoms with Gasteiger partial charge in [0.05, 0.1) is 25.0 Å². The lowest BCUT2D eigenvalue weighted by atomic mass is 10.1. The third-order valence-corrected chi connectivity index (χ3v) is 4.57. The van der Waals surface area contributed by atoms with Crippen molar-refractivity contribution >= 4 is 29.6 Å². The van der Waals surface area contributed by atoms with Crippen LogP contribution in [0.2, 0.25) is 0 Å². The first-order valence-corrected chi connectivity index (χ1v) is 10.3. The van der Waals surface area contributed by atoms with Crippen LogP contribution in [-0.2, 0) is 16.1 Å². The van der Waals surface area contributed by atoms with Crippen LogP contribution in [0.15, 0.2) is 58.3 Å². The van der Waals surface area contributed by atoms with E-state index in [0.717, 1.165) is 16.0 Å². The van der Waals surface area contributed by atoms with E-state index in [9.17, 15) is 14.4 Å². The maximum atomic E-state index is 12.7. The van der Waals surface area contributed by atoms with Crippen LogP contribution in [-0.4, -0.2) is 42.4 Å². The summed E-state index contributed by atoms with van der Waals surface area (Å²) in [6, 6.07) is 9.26. The number of hydrazine groups is 1. The van der Waals surface area contributed by atoms with Crippen LogP contribution < -0.4 is 27.7 Å². The summed E-state index contributed by atoms with van der Waals surface area (Å²) in [7, 11) is 1.22. The van der Waals surface area contributed by atoms with Crippen LogP contribution >= 0.6 is 0 Å². The van der Waals surface area contributed by atoms with Gasteiger partial charge < -0.3 is 25.9 Å². The molecule has 2 rings (SSSR count). The monoisotopic (exact) mass is 471 g/mol. The molecule has 1 aromatic heterocycles. The number of urea groups is 2. The lowest BCUT2D eigenvalue weighted by Crippen LogP contribution is -2.53. The van der Waals surface area contributed by atoms with Gasteiger partial charge in [0.25, 0.3) is 0 Å². The van der Waals surface area contributed by atoms with E-state index in [4.69, 9.17) is 15.9 Å². The van der Waals surface area contributed by atoms with Gasteiger partial charge in [-0.2, -0.15) is 0 Å². The smallest absolute Gasteiger partial charge is 0.345 e. The van der Waals surface area contributed by atoms with Gasteiger partial charge in [-0.25, -0.2) is 25.4 Å². The fourth-order valence-corrected chi connectivity index (χ4v) is 2.70. The molecule has 0 aliphatic heterocycles. The number of aryl methyl sites for hydroxylation is 1. The molecule has 12 heteroatoms. The van der Waals surface area contributed by atoms with Crippen LogP contribution in [0.3, 0.4) is 0 Å². The fourth-order valence-electron chi connectivity index (χ4n) is 2.70. The van der Waals surface area contributed by atoms with E-state index < -0.39 is 23.9 Å². The van der Waals surface area contributed by atoms with E-state index in [2.05, 4.69) is 26.1 Å². The van der Waals surface area contributed by atoms with E-state index >= 15 is 0 Å². The second kappa shape index (κ2) is 12.5. The standard InChI is InChI=1S/C22H29N7O5/c1-14-6-8-16(9-7-14)12-25-21(31)29(13-15(2)20(30)33-3)22(32)27-28-26-19(24)11-17(23)18-5-4-10-34-18/h4-11,15,28H,12-13,23H2,1-3H3,(H2,24,26)(H,25,31)(H,27,32)/b17-11-/t15-/m0/s1. The Hall–Kier alpha value is -4.48. The number of furan rings is 1. The number of hydrogen-bond donors (Lipinski definition) is 5. The number of imide groups is 1. The summed E-state index contributed by atoms with van der Waals surface area (Å²) in [5.74, 6) is -0.994. The maximum absolute atomic E-state index is 12.7. The molecular formula is C22H29N7O5. The Labute approximate surface area is 196 Å². The highest BCUT2D eigenvalue weighted by Gasteiger charge is 2.26. The van der Waals surface area contributed by atoms with Crippen molar-refractivity contribution in [1.29, 1.82) is 0 Å². The zero-order chi connectivity index (χ0) is 25.1. The van der Waals surface area contributed by atoms with Crippen molar-refractivity contribution in [2.24, 2.45) is 22.5 Å². The van der Waals surface area contributed by atoms with Crippen molar-refractivity contribution in [1.82, 2.24) is 21.2 Å². The number of nitrogens with two attached hydrogens (primary N) is 2. The quantitative estimate of drug-likeness (QED) is 0.158. The number of nitrogens with zero attached hydrogens (tertiary/aromatic N) is 2. The Kier molecular flexibility index (Phi) is 9.50. The topological polar surface area (TPSA) is 177 Å². The highest BCUT2D eigenvalue weighted by Crippen LogP contribution is 2.08. The van der Waals surface area contributed by atoms with Crippen molar-refractivity contribution < 1.29 is 23.5 Å². The molecule has 34 heavy (non-hydrogen) atoms. The van der Waals surface area contributed by atoms with E-state index in [0.29, 0.717) is 5.76 Å². The number of hydrogen-bond acceptors (Lipinski definition) is 8. The minimum Gasteiger partial charge on any atom is -0.469 e. The Morgan fingerprint density at radius 2 is 1.88 bits per heavy atom. The van der Waals surface area contributed by atoms with Crippen molar-refractivity contribution in [3.8, 4) is 0 Å². The second-order valence-electron chi connectivity index (χ2n) is 7.33. The van der Waals surface area contributed by atoms with Crippen LogP contribution in [0.25, 0.3) is 5.70 Å². The van der Waals surface area contributed by atoms with Crippen LogP contribution in [0.1, 0.15) is 23.8 Å². The molecule has 1 heterocycles. The molecule has 0 unspecified atom stereocenters. The average molecular weight is 472 g/mol. The van der Waals surface area contributed by atoms with Crippen LogP contribution in [0.4, 0.5) is 9.59 Å². The van der Waals surface area contributed by atoms with Crippen molar-refractivity contribution in [2.75, 3.05) is 13.7 Å². The Balaban J connectivity index is 2.02. The lowest BCUT2D eigenvalue weighted by Gasteiger charge is -2.23. The Bertz CT molecular complexity index is 1030. The van der Waals surface area contributed by atoms with E-state index in [1.54, 1.807) is 12.1 Å². The number of hydrazone groups is 1. The first-order chi connectivity index (χ1) is 16.2. The van der Waals surface area contributed by atoms with Gasteiger partial charge in [0.1, 0.15) is 11.6 Å². The molecule has 0 fully saturated rings. The lowest BCUT2D eigenvalue weighted by molar-refractivity contribution is -0.144. The summed E-state index contributed by atoms with van der Waals surface area (Å²) in [6.45, 7) is 3.44. The largest absolute Gasteiger partial charge is 0.469 e. The van der Waals surface area contributed by atoms with Crippen molar-refractivity contribution in [3.63, 3.8) is 0 Å². The van der Waals surface area contributed by atoms with Gasteiger partial charge in [0.15, 0.2) is 0 Å². The summed E-state index contributed by atoms with van der Waals surface area (Å²) in [4.78, 5) is 38.0. The summed E-state index contributed by atoms with van der Waals surface area (Å²) in [5, 5.41) is 6.40. The fraction of sp³-hybridized carbons (Fsp3) is 0.273. The Morgan fingerprint density at radius 1 is 1.18 bits per heavy atom. The van der Waals surface area contributed by atoms with Gasteiger partial charge >= 0.3 is 18.0 Å². The summed E-state index contributed by atoms with van der Waals surface area (Å²) < 4.78 is 9.82. The van der Waals surface area contributed by atoms with Gasteiger partial charge in [-0.1, -0.05) is 36.8 Å². The first-order valence-electron chi connectivity index (χ1n) is 10.3. The van der Waals surface area contributed by atoms with Crippen LogP contribution in [0.5, 0.6) is 0 Å². The SMILES string of the molecule is COC(=O)[C@@H](C)CN(C(=O)NCc1ccc(C)cc1)C(=O)NN/N=C(N)\C=C(/N)c1ccco1. The van der Waals surface area contributed by atoms with Gasteiger partial charge in [-0.3, -0.25) is 4.79 Å². The third kappa shape index (κ3) is 7.89. The van der Waals surface area contributed by atoms with Gasteiger partial charge in [-0.05, 0) is 24.6 Å². The van der Waals surface area contributed by atoms with Gasteiger partial charge in [0.2, 0.25) is 0 Å². The molecule has 0 radical (unpaired) electrons. The summed E-state index contributed by atoms with van der Waals surface area (Å²) in [5.41, 5.74) is 18.2. The molecule has 0 saturated carbocycles. The zero-order valence-electron chi connectivity index (χ0n) is 19.2. The number of amidine groups is 1.